The van der Waals surface area contributed by atoms with Gasteiger partial charge in [0.1, 0.15) is 17.7 Å². The third kappa shape index (κ3) is 4.51. The molecule has 66 valence electrons. The monoisotopic (exact) mass is 173 g/mol. The van der Waals surface area contributed by atoms with Crippen LogP contribution in [0.25, 0.3) is 0 Å². The maximum absolute atomic E-state index is 8.42. The van der Waals surface area contributed by atoms with Gasteiger partial charge in [-0.15, -0.1) is 12.3 Å². The maximum Gasteiger partial charge on any atom is 0.145 e. The summed E-state index contributed by atoms with van der Waals surface area (Å²) in [6.45, 7) is 1.99. The highest BCUT2D eigenvalue weighted by Gasteiger charge is 2.00. The van der Waals surface area contributed by atoms with Crippen molar-refractivity contribution in [2.75, 3.05) is 0 Å². The second-order valence-electron chi connectivity index (χ2n) is 2.46. The fourth-order valence-electron chi connectivity index (χ4n) is 0.754. The van der Waals surface area contributed by atoms with Gasteiger partial charge in [-0.1, -0.05) is 6.92 Å². The number of allylic oxidation sites excluding steroid dienone is 1. The Kier molecular flexibility index (Phi) is 5.77. The van der Waals surface area contributed by atoms with E-state index in [1.807, 2.05) is 6.92 Å². The lowest BCUT2D eigenvalue weighted by atomic mass is 10.1. The van der Waals surface area contributed by atoms with Crippen molar-refractivity contribution in [2.24, 2.45) is 0 Å². The molecule has 0 spiro atoms. The average Bonchev–Trinajstić information content (AvgIpc) is 2.17. The highest BCUT2D eigenvalue weighted by molar-refractivity contribution is 5.34. The van der Waals surface area contributed by atoms with E-state index in [-0.39, 0.29) is 11.6 Å². The van der Waals surface area contributed by atoms with Crippen LogP contribution in [0.15, 0.2) is 11.8 Å². The summed E-state index contributed by atoms with van der Waals surface area (Å²) in [6, 6.07) is 3.66. The molecule has 3 heteroatoms. The van der Waals surface area contributed by atoms with Crippen LogP contribution in [0.4, 0.5) is 0 Å². The van der Waals surface area contributed by atoms with E-state index in [9.17, 15) is 0 Å². The molecule has 0 heterocycles. The highest BCUT2D eigenvalue weighted by atomic mass is 14.9. The Hall–Kier alpha value is -1.92. The van der Waals surface area contributed by atoms with Gasteiger partial charge in [0, 0.05) is 18.7 Å². The summed E-state index contributed by atoms with van der Waals surface area (Å²) in [5, 5.41) is 19.8. The topological polar surface area (TPSA) is 59.6 Å². The molecule has 3 nitrogen and oxygen atoms in total. The zero-order valence-corrected chi connectivity index (χ0v) is 7.54. The van der Waals surface area contributed by atoms with Crippen LogP contribution < -0.4 is 5.32 Å². The van der Waals surface area contributed by atoms with Crippen LogP contribution in [0.3, 0.4) is 0 Å². The molecule has 0 amide bonds. The van der Waals surface area contributed by atoms with Crippen molar-refractivity contribution in [1.82, 2.24) is 5.32 Å². The number of hydrogen-bond donors (Lipinski definition) is 1. The van der Waals surface area contributed by atoms with Gasteiger partial charge in [-0.05, 0) is 6.42 Å². The Labute approximate surface area is 78.7 Å². The van der Waals surface area contributed by atoms with Crippen LogP contribution in [0, 0.1) is 35.0 Å². The molecule has 1 N–H and O–H groups in total. The van der Waals surface area contributed by atoms with Crippen LogP contribution >= 0.6 is 0 Å². The van der Waals surface area contributed by atoms with Crippen molar-refractivity contribution in [3.05, 3.63) is 11.8 Å². The molecule has 0 fully saturated rings. The smallest absolute Gasteiger partial charge is 0.145 e. The molecular formula is C10H11N3. The van der Waals surface area contributed by atoms with Gasteiger partial charge in [0.25, 0.3) is 0 Å². The molecule has 0 aliphatic carbocycles. The Morgan fingerprint density at radius 1 is 1.54 bits per heavy atom. The number of terminal acetylenes is 1. The molecule has 0 saturated carbocycles. The number of nitriles is 2. The van der Waals surface area contributed by atoms with Gasteiger partial charge in [-0.2, -0.15) is 10.5 Å². The molecule has 0 saturated heterocycles. The summed E-state index contributed by atoms with van der Waals surface area (Å²) in [4.78, 5) is 0. The van der Waals surface area contributed by atoms with Crippen LogP contribution in [-0.4, -0.2) is 6.04 Å². The average molecular weight is 173 g/mol. The molecule has 0 aliphatic rings. The molecular weight excluding hydrogens is 162 g/mol. The predicted molar refractivity (Wildman–Crippen MR) is 50.0 cm³/mol. The third-order valence-corrected chi connectivity index (χ3v) is 1.56. The van der Waals surface area contributed by atoms with Crippen LogP contribution in [0.1, 0.15) is 19.8 Å². The minimum atomic E-state index is 0.0653. The van der Waals surface area contributed by atoms with Crippen molar-refractivity contribution >= 4 is 0 Å². The van der Waals surface area contributed by atoms with E-state index < -0.39 is 0 Å². The van der Waals surface area contributed by atoms with Crippen molar-refractivity contribution in [3.8, 4) is 24.5 Å². The van der Waals surface area contributed by atoms with Gasteiger partial charge in [0.2, 0.25) is 0 Å². The fraction of sp³-hybridized carbons (Fsp3) is 0.400. The van der Waals surface area contributed by atoms with E-state index >= 15 is 0 Å². The molecule has 0 aromatic rings. The number of rotatable bonds is 4. The quantitative estimate of drug-likeness (QED) is 0.515. The fourth-order valence-corrected chi connectivity index (χ4v) is 0.754. The summed E-state index contributed by atoms with van der Waals surface area (Å²) in [6.07, 6.45) is 8.00. The van der Waals surface area contributed by atoms with Gasteiger partial charge in [-0.3, -0.25) is 0 Å². The normalized spacial score (nSPS) is 10.0. The first kappa shape index (κ1) is 11.1. The number of nitrogens with one attached hydrogen (secondary N) is 1. The Balaban J connectivity index is 4.14. The van der Waals surface area contributed by atoms with Crippen molar-refractivity contribution < 1.29 is 0 Å². The predicted octanol–water partition coefficient (Wildman–Crippen LogP) is 1.31. The first-order chi connectivity index (χ1) is 6.28. The van der Waals surface area contributed by atoms with Gasteiger partial charge >= 0.3 is 0 Å². The molecule has 0 aliphatic heterocycles. The summed E-state index contributed by atoms with van der Waals surface area (Å²) in [5.41, 5.74) is 0.0653. The van der Waals surface area contributed by atoms with Crippen LogP contribution in [0.2, 0.25) is 0 Å². The lowest BCUT2D eigenvalue weighted by molar-refractivity contribution is 0.581. The molecule has 13 heavy (non-hydrogen) atoms. The minimum absolute atomic E-state index is 0.0653. The first-order valence-electron chi connectivity index (χ1n) is 3.98. The number of nitrogens with zero attached hydrogens (tertiary/aromatic N) is 2. The highest BCUT2D eigenvalue weighted by Crippen LogP contribution is 1.97. The van der Waals surface area contributed by atoms with Crippen molar-refractivity contribution in [1.29, 1.82) is 10.5 Å². The molecule has 0 aromatic carbocycles. The molecule has 0 bridgehead atoms. The lowest BCUT2D eigenvalue weighted by Crippen LogP contribution is -2.22. The van der Waals surface area contributed by atoms with E-state index in [0.29, 0.717) is 6.42 Å². The maximum atomic E-state index is 8.42. The van der Waals surface area contributed by atoms with Gasteiger partial charge in [-0.25, -0.2) is 0 Å². The molecule has 1 atom stereocenters. The summed E-state index contributed by atoms with van der Waals surface area (Å²) in [5.74, 6) is 2.52. The zero-order valence-electron chi connectivity index (χ0n) is 7.54. The van der Waals surface area contributed by atoms with E-state index in [1.165, 1.54) is 6.20 Å². The lowest BCUT2D eigenvalue weighted by Gasteiger charge is -2.10. The molecule has 0 radical (unpaired) electrons. The van der Waals surface area contributed by atoms with E-state index in [4.69, 9.17) is 16.9 Å². The van der Waals surface area contributed by atoms with Crippen LogP contribution in [0.5, 0.6) is 0 Å². The van der Waals surface area contributed by atoms with E-state index in [1.54, 1.807) is 12.1 Å². The second kappa shape index (κ2) is 6.77. The Morgan fingerprint density at radius 2 is 2.15 bits per heavy atom. The summed E-state index contributed by atoms with van der Waals surface area (Å²) >= 11 is 0. The van der Waals surface area contributed by atoms with Crippen molar-refractivity contribution in [2.45, 2.75) is 25.8 Å². The zero-order chi connectivity index (χ0) is 10.1. The first-order valence-corrected chi connectivity index (χ1v) is 3.98. The van der Waals surface area contributed by atoms with Gasteiger partial charge < -0.3 is 5.32 Å². The van der Waals surface area contributed by atoms with Gasteiger partial charge in [0.05, 0.1) is 0 Å². The molecule has 0 aromatic heterocycles. The molecule has 0 rings (SSSR count). The van der Waals surface area contributed by atoms with E-state index in [0.717, 1.165) is 6.42 Å². The van der Waals surface area contributed by atoms with Crippen molar-refractivity contribution in [3.63, 3.8) is 0 Å². The SMILES string of the molecule is C#CCC(CC)NC=C(C#N)C#N. The standard InChI is InChI=1S/C10H11N3/c1-3-5-10(4-2)13-8-9(6-11)7-12/h1,8,10,13H,4-5H2,2H3. The molecule has 1 unspecified atom stereocenters. The summed E-state index contributed by atoms with van der Waals surface area (Å²) < 4.78 is 0. The second-order valence-corrected chi connectivity index (χ2v) is 2.46. The summed E-state index contributed by atoms with van der Waals surface area (Å²) in [7, 11) is 0. The van der Waals surface area contributed by atoms with Gasteiger partial charge in [0.15, 0.2) is 0 Å². The third-order valence-electron chi connectivity index (χ3n) is 1.56. The Bertz CT molecular complexity index is 280. The largest absolute Gasteiger partial charge is 0.386 e. The Morgan fingerprint density at radius 3 is 2.54 bits per heavy atom. The minimum Gasteiger partial charge on any atom is -0.386 e. The van der Waals surface area contributed by atoms with E-state index in [2.05, 4.69) is 11.2 Å². The number of hydrogen-bond acceptors (Lipinski definition) is 3. The van der Waals surface area contributed by atoms with Crippen LogP contribution in [-0.2, 0) is 0 Å².